The Morgan fingerprint density at radius 3 is 2.56 bits per heavy atom. The number of rotatable bonds is 1. The molecule has 1 N–H and O–H groups in total. The zero-order chi connectivity index (χ0) is 11.7. The molecule has 1 aromatic carbocycles. The molecule has 84 valence electrons. The Morgan fingerprint density at radius 1 is 1.31 bits per heavy atom. The maximum Gasteiger partial charge on any atom is 0.140 e. The predicted octanol–water partition coefficient (Wildman–Crippen LogP) is 3.10. The van der Waals surface area contributed by atoms with Gasteiger partial charge in [0.25, 0.3) is 0 Å². The molecular weight excluding hydrogens is 205 g/mol. The molecule has 0 saturated carbocycles. The summed E-state index contributed by atoms with van der Waals surface area (Å²) in [5.74, 6) is 0.211. The molecular formula is C13H14FNO. The van der Waals surface area contributed by atoms with Gasteiger partial charge >= 0.3 is 0 Å². The minimum absolute atomic E-state index is 0.227. The van der Waals surface area contributed by atoms with Gasteiger partial charge < -0.3 is 5.11 Å². The number of dihydropyridines is 1. The molecule has 1 aliphatic heterocycles. The number of allylic oxidation sites excluding steroid dienone is 1. The number of aliphatic hydroxyl groups excluding tert-OH is 1. The number of aliphatic hydroxyl groups is 1. The van der Waals surface area contributed by atoms with Gasteiger partial charge in [-0.05, 0) is 36.8 Å². The van der Waals surface area contributed by atoms with Crippen molar-refractivity contribution < 1.29 is 9.50 Å². The number of hydrogen-bond donors (Lipinski definition) is 1. The van der Waals surface area contributed by atoms with Gasteiger partial charge in [-0.15, -0.1) is 0 Å². The van der Waals surface area contributed by atoms with E-state index in [4.69, 9.17) is 0 Å². The van der Waals surface area contributed by atoms with Crippen molar-refractivity contribution in [2.45, 2.75) is 13.8 Å². The van der Waals surface area contributed by atoms with Crippen LogP contribution in [0.3, 0.4) is 0 Å². The van der Waals surface area contributed by atoms with Gasteiger partial charge in [0.15, 0.2) is 0 Å². The van der Waals surface area contributed by atoms with E-state index >= 15 is 0 Å². The van der Waals surface area contributed by atoms with Gasteiger partial charge in [0.2, 0.25) is 0 Å². The van der Waals surface area contributed by atoms with Gasteiger partial charge in [-0.1, -0.05) is 6.92 Å². The Bertz CT molecular complexity index is 459. The second-order valence-corrected chi connectivity index (χ2v) is 4.13. The maximum absolute atomic E-state index is 12.8. The summed E-state index contributed by atoms with van der Waals surface area (Å²) in [5, 5.41) is 9.99. The first-order valence-electron chi connectivity index (χ1n) is 5.30. The molecule has 0 aliphatic carbocycles. The van der Waals surface area contributed by atoms with Crippen molar-refractivity contribution in [3.05, 3.63) is 47.0 Å². The zero-order valence-corrected chi connectivity index (χ0v) is 9.37. The van der Waals surface area contributed by atoms with Crippen LogP contribution in [0, 0.1) is 11.7 Å². The lowest BCUT2D eigenvalue weighted by Gasteiger charge is -2.19. The molecule has 0 bridgehead atoms. The molecule has 0 saturated heterocycles. The third-order valence-corrected chi connectivity index (χ3v) is 2.98. The smallest absolute Gasteiger partial charge is 0.140 e. The Hall–Kier alpha value is -1.64. The lowest BCUT2D eigenvalue weighted by atomic mass is 9.94. The second-order valence-electron chi connectivity index (χ2n) is 4.13. The van der Waals surface area contributed by atoms with Crippen LogP contribution in [0.5, 0.6) is 0 Å². The van der Waals surface area contributed by atoms with Crippen LogP contribution in [0.1, 0.15) is 19.4 Å². The van der Waals surface area contributed by atoms with Crippen LogP contribution < -0.4 is 0 Å². The summed E-state index contributed by atoms with van der Waals surface area (Å²) in [6, 6.07) is 6.01. The first-order chi connectivity index (χ1) is 7.59. The SMILES string of the molecule is CC1=C(O)C(c2ccc(F)cc2)=NCC1C. The van der Waals surface area contributed by atoms with E-state index < -0.39 is 0 Å². The van der Waals surface area contributed by atoms with Crippen molar-refractivity contribution in [1.82, 2.24) is 0 Å². The van der Waals surface area contributed by atoms with E-state index in [1.165, 1.54) is 12.1 Å². The molecule has 0 radical (unpaired) electrons. The number of aliphatic imine (C=N–C) groups is 1. The Balaban J connectivity index is 2.40. The summed E-state index contributed by atoms with van der Waals surface area (Å²) < 4.78 is 12.8. The van der Waals surface area contributed by atoms with Crippen LogP contribution in [0.15, 0.2) is 40.6 Å². The maximum atomic E-state index is 12.8. The van der Waals surface area contributed by atoms with E-state index in [2.05, 4.69) is 4.99 Å². The standard InChI is InChI=1S/C13H14FNO/c1-8-7-15-12(13(16)9(8)2)10-3-5-11(14)6-4-10/h3-6,8,16H,7H2,1-2H3. The van der Waals surface area contributed by atoms with Crippen molar-refractivity contribution >= 4 is 5.71 Å². The molecule has 1 heterocycles. The van der Waals surface area contributed by atoms with Gasteiger partial charge in [0.05, 0.1) is 0 Å². The highest BCUT2D eigenvalue weighted by molar-refractivity contribution is 6.11. The van der Waals surface area contributed by atoms with E-state index in [1.807, 2.05) is 13.8 Å². The molecule has 16 heavy (non-hydrogen) atoms. The van der Waals surface area contributed by atoms with Crippen LogP contribution in [0.2, 0.25) is 0 Å². The molecule has 0 spiro atoms. The summed E-state index contributed by atoms with van der Waals surface area (Å²) in [5.41, 5.74) is 2.26. The largest absolute Gasteiger partial charge is 0.506 e. The minimum Gasteiger partial charge on any atom is -0.506 e. The molecule has 2 nitrogen and oxygen atoms in total. The third-order valence-electron chi connectivity index (χ3n) is 2.98. The highest BCUT2D eigenvalue weighted by Gasteiger charge is 2.20. The van der Waals surface area contributed by atoms with Gasteiger partial charge in [0, 0.05) is 18.0 Å². The van der Waals surface area contributed by atoms with Crippen molar-refractivity contribution in [2.75, 3.05) is 6.54 Å². The van der Waals surface area contributed by atoms with E-state index in [9.17, 15) is 9.50 Å². The molecule has 1 aromatic rings. The normalized spacial score (nSPS) is 20.9. The summed E-state index contributed by atoms with van der Waals surface area (Å²) in [6.07, 6.45) is 0. The summed E-state index contributed by atoms with van der Waals surface area (Å²) >= 11 is 0. The fourth-order valence-corrected chi connectivity index (χ4v) is 1.70. The third kappa shape index (κ3) is 1.85. The van der Waals surface area contributed by atoms with E-state index in [0.29, 0.717) is 12.3 Å². The molecule has 2 rings (SSSR count). The fraction of sp³-hybridized carbons (Fsp3) is 0.308. The van der Waals surface area contributed by atoms with Crippen LogP contribution in [0.4, 0.5) is 4.39 Å². The highest BCUT2D eigenvalue weighted by Crippen LogP contribution is 2.23. The van der Waals surface area contributed by atoms with Crippen molar-refractivity contribution in [1.29, 1.82) is 0 Å². The van der Waals surface area contributed by atoms with Crippen molar-refractivity contribution in [3.8, 4) is 0 Å². The average molecular weight is 219 g/mol. The van der Waals surface area contributed by atoms with Gasteiger partial charge in [0.1, 0.15) is 17.3 Å². The second kappa shape index (κ2) is 4.08. The van der Waals surface area contributed by atoms with Crippen molar-refractivity contribution in [3.63, 3.8) is 0 Å². The average Bonchev–Trinajstić information content (AvgIpc) is 2.28. The fourth-order valence-electron chi connectivity index (χ4n) is 1.70. The number of benzene rings is 1. The van der Waals surface area contributed by atoms with Gasteiger partial charge in [-0.3, -0.25) is 4.99 Å². The summed E-state index contributed by atoms with van der Waals surface area (Å²) in [4.78, 5) is 4.33. The van der Waals surface area contributed by atoms with Gasteiger partial charge in [-0.25, -0.2) is 4.39 Å². The topological polar surface area (TPSA) is 32.6 Å². The quantitative estimate of drug-likeness (QED) is 0.773. The lowest BCUT2D eigenvalue weighted by molar-refractivity contribution is 0.420. The summed E-state index contributed by atoms with van der Waals surface area (Å²) in [7, 11) is 0. The Morgan fingerprint density at radius 2 is 1.94 bits per heavy atom. The molecule has 1 atom stereocenters. The first-order valence-corrected chi connectivity index (χ1v) is 5.30. The van der Waals surface area contributed by atoms with E-state index in [1.54, 1.807) is 12.1 Å². The monoisotopic (exact) mass is 219 g/mol. The van der Waals surface area contributed by atoms with Crippen LogP contribution in [-0.4, -0.2) is 17.4 Å². The minimum atomic E-state index is -0.284. The van der Waals surface area contributed by atoms with Crippen LogP contribution in [-0.2, 0) is 0 Å². The first kappa shape index (κ1) is 10.9. The number of hydrogen-bond acceptors (Lipinski definition) is 2. The zero-order valence-electron chi connectivity index (χ0n) is 9.37. The Labute approximate surface area is 94.1 Å². The lowest BCUT2D eigenvalue weighted by Crippen LogP contribution is -2.18. The molecule has 1 aliphatic rings. The number of nitrogens with zero attached hydrogens (tertiary/aromatic N) is 1. The van der Waals surface area contributed by atoms with Crippen LogP contribution in [0.25, 0.3) is 0 Å². The van der Waals surface area contributed by atoms with E-state index in [-0.39, 0.29) is 17.5 Å². The van der Waals surface area contributed by atoms with Crippen LogP contribution >= 0.6 is 0 Å². The van der Waals surface area contributed by atoms with Crippen molar-refractivity contribution in [2.24, 2.45) is 10.9 Å². The van der Waals surface area contributed by atoms with Gasteiger partial charge in [-0.2, -0.15) is 0 Å². The molecule has 0 fully saturated rings. The Kier molecular flexibility index (Phi) is 2.77. The summed E-state index contributed by atoms with van der Waals surface area (Å²) in [6.45, 7) is 4.59. The predicted molar refractivity (Wildman–Crippen MR) is 62.3 cm³/mol. The molecule has 0 aromatic heterocycles. The van der Waals surface area contributed by atoms with E-state index in [0.717, 1.165) is 11.1 Å². The molecule has 3 heteroatoms. The number of halogens is 1. The highest BCUT2D eigenvalue weighted by atomic mass is 19.1. The molecule has 1 unspecified atom stereocenters. The molecule has 0 amide bonds.